The van der Waals surface area contributed by atoms with E-state index in [9.17, 15) is 24.3 Å². The third-order valence-electron chi connectivity index (χ3n) is 3.73. The maximum absolute atomic E-state index is 12.3. The number of hydrogen-bond donors (Lipinski definition) is 3. The Labute approximate surface area is 136 Å². The molecule has 1 unspecified atom stereocenters. The van der Waals surface area contributed by atoms with Crippen molar-refractivity contribution in [3.8, 4) is 0 Å². The van der Waals surface area contributed by atoms with E-state index in [1.165, 1.54) is 6.20 Å². The van der Waals surface area contributed by atoms with Crippen LogP contribution in [0.2, 0.25) is 0 Å². The molecule has 0 aliphatic rings. The Morgan fingerprint density at radius 3 is 2.42 bits per heavy atom. The Morgan fingerprint density at radius 2 is 1.88 bits per heavy atom. The number of hydrogen-bond acceptors (Lipinski definition) is 4. The first-order valence-corrected chi connectivity index (χ1v) is 7.29. The van der Waals surface area contributed by atoms with Gasteiger partial charge in [0, 0.05) is 12.3 Å². The highest BCUT2D eigenvalue weighted by molar-refractivity contribution is 5.88. The fraction of sp³-hybridized carbons (Fsp3) is 0.250. The Morgan fingerprint density at radius 1 is 1.21 bits per heavy atom. The molecule has 0 aliphatic carbocycles. The summed E-state index contributed by atoms with van der Waals surface area (Å²) in [5, 5.41) is 12.1. The number of H-pyrrole nitrogens is 1. The van der Waals surface area contributed by atoms with E-state index in [1.54, 1.807) is 37.3 Å². The quantitative estimate of drug-likeness (QED) is 0.690. The largest absolute Gasteiger partial charge is 0.479 e. The van der Waals surface area contributed by atoms with Crippen molar-refractivity contribution in [3.05, 3.63) is 69.0 Å². The van der Waals surface area contributed by atoms with Crippen LogP contribution < -0.4 is 16.6 Å². The molecule has 0 aliphatic heterocycles. The van der Waals surface area contributed by atoms with Crippen molar-refractivity contribution in [1.82, 2.24) is 14.9 Å². The van der Waals surface area contributed by atoms with Gasteiger partial charge >= 0.3 is 11.7 Å². The fourth-order valence-corrected chi connectivity index (χ4v) is 2.42. The minimum Gasteiger partial charge on any atom is -0.479 e. The van der Waals surface area contributed by atoms with Gasteiger partial charge in [-0.25, -0.2) is 9.59 Å². The van der Waals surface area contributed by atoms with E-state index >= 15 is 0 Å². The molecule has 0 spiro atoms. The molecular formula is C16H17N3O5. The first kappa shape index (κ1) is 17.2. The lowest BCUT2D eigenvalue weighted by atomic mass is 9.87. The number of carbonyl (C=O) groups excluding carboxylic acids is 1. The molecule has 1 heterocycles. The number of rotatable bonds is 6. The summed E-state index contributed by atoms with van der Waals surface area (Å²) in [5.41, 5.74) is -2.48. The lowest BCUT2D eigenvalue weighted by molar-refractivity contribution is -0.148. The maximum atomic E-state index is 12.3. The van der Waals surface area contributed by atoms with Crippen molar-refractivity contribution in [2.45, 2.75) is 25.4 Å². The van der Waals surface area contributed by atoms with E-state index in [0.29, 0.717) is 5.56 Å². The minimum absolute atomic E-state index is 0.124. The third kappa shape index (κ3) is 3.43. The molecule has 0 saturated heterocycles. The van der Waals surface area contributed by atoms with Gasteiger partial charge in [0.2, 0.25) is 5.91 Å². The highest BCUT2D eigenvalue weighted by Crippen LogP contribution is 2.25. The van der Waals surface area contributed by atoms with Crippen LogP contribution in [0.5, 0.6) is 0 Å². The van der Waals surface area contributed by atoms with Gasteiger partial charge in [0.05, 0.1) is 0 Å². The smallest absolute Gasteiger partial charge is 0.334 e. The highest BCUT2D eigenvalue weighted by atomic mass is 16.4. The zero-order valence-electron chi connectivity index (χ0n) is 13.0. The summed E-state index contributed by atoms with van der Waals surface area (Å²) in [4.78, 5) is 48.8. The van der Waals surface area contributed by atoms with Gasteiger partial charge in [0.15, 0.2) is 5.54 Å². The predicted octanol–water partition coefficient (Wildman–Crippen LogP) is 0.0429. The molecule has 24 heavy (non-hydrogen) atoms. The summed E-state index contributed by atoms with van der Waals surface area (Å²) in [6.45, 7) is 1.24. The summed E-state index contributed by atoms with van der Waals surface area (Å²) in [6, 6.07) is 9.44. The molecule has 0 bridgehead atoms. The number of carboxylic acids is 1. The first-order chi connectivity index (χ1) is 11.4. The average Bonchev–Trinajstić information content (AvgIpc) is 2.56. The van der Waals surface area contributed by atoms with Gasteiger partial charge in [-0.05, 0) is 12.0 Å². The van der Waals surface area contributed by atoms with Crippen molar-refractivity contribution < 1.29 is 14.7 Å². The molecule has 0 fully saturated rings. The van der Waals surface area contributed by atoms with E-state index in [4.69, 9.17) is 0 Å². The highest BCUT2D eigenvalue weighted by Gasteiger charge is 2.40. The van der Waals surface area contributed by atoms with Crippen molar-refractivity contribution in [2.75, 3.05) is 0 Å². The standard InChI is InChI=1S/C16H17N3O5/c1-2-16(14(22)23,11-6-4-3-5-7-11)18-13(21)10-19-9-8-12(20)17-15(19)24/h3-9H,2,10H2,1H3,(H,18,21)(H,22,23)(H,17,20,24). The summed E-state index contributed by atoms with van der Waals surface area (Å²) < 4.78 is 0.990. The van der Waals surface area contributed by atoms with Crippen molar-refractivity contribution in [2.24, 2.45) is 0 Å². The molecule has 3 N–H and O–H groups in total. The van der Waals surface area contributed by atoms with E-state index in [-0.39, 0.29) is 6.42 Å². The number of nitrogens with zero attached hydrogens (tertiary/aromatic N) is 1. The van der Waals surface area contributed by atoms with Crippen LogP contribution in [0.15, 0.2) is 52.2 Å². The van der Waals surface area contributed by atoms with Crippen molar-refractivity contribution >= 4 is 11.9 Å². The number of amides is 1. The molecule has 1 atom stereocenters. The van der Waals surface area contributed by atoms with Crippen molar-refractivity contribution in [1.29, 1.82) is 0 Å². The van der Waals surface area contributed by atoms with Crippen molar-refractivity contribution in [3.63, 3.8) is 0 Å². The van der Waals surface area contributed by atoms with Crippen LogP contribution in [0.3, 0.4) is 0 Å². The molecule has 1 aromatic carbocycles. The first-order valence-electron chi connectivity index (χ1n) is 7.29. The summed E-state index contributed by atoms with van der Waals surface area (Å²) in [7, 11) is 0. The zero-order valence-corrected chi connectivity index (χ0v) is 13.0. The molecule has 126 valence electrons. The van der Waals surface area contributed by atoms with Crippen LogP contribution >= 0.6 is 0 Å². The second-order valence-corrected chi connectivity index (χ2v) is 5.22. The Balaban J connectivity index is 2.30. The third-order valence-corrected chi connectivity index (χ3v) is 3.73. The normalized spacial score (nSPS) is 13.0. The average molecular weight is 331 g/mol. The van der Waals surface area contributed by atoms with E-state index in [2.05, 4.69) is 5.32 Å². The van der Waals surface area contributed by atoms with Gasteiger partial charge in [0.25, 0.3) is 5.56 Å². The monoisotopic (exact) mass is 331 g/mol. The second-order valence-electron chi connectivity index (χ2n) is 5.22. The van der Waals surface area contributed by atoms with E-state index in [1.807, 2.05) is 4.98 Å². The number of aromatic nitrogens is 2. The molecule has 1 aromatic heterocycles. The Hall–Kier alpha value is -3.16. The maximum Gasteiger partial charge on any atom is 0.334 e. The number of aromatic amines is 1. The fourth-order valence-electron chi connectivity index (χ4n) is 2.42. The number of aliphatic carboxylic acids is 1. The molecule has 1 amide bonds. The minimum atomic E-state index is -1.59. The van der Waals surface area contributed by atoms with Crippen LogP contribution in [0.1, 0.15) is 18.9 Å². The molecule has 0 radical (unpaired) electrons. The lowest BCUT2D eigenvalue weighted by Gasteiger charge is -2.30. The topological polar surface area (TPSA) is 121 Å². The van der Waals surface area contributed by atoms with Gasteiger partial charge in [0.1, 0.15) is 6.54 Å². The van der Waals surface area contributed by atoms with Crippen LogP contribution in [0, 0.1) is 0 Å². The van der Waals surface area contributed by atoms with Crippen LogP contribution in [-0.2, 0) is 21.7 Å². The van der Waals surface area contributed by atoms with Crippen LogP contribution in [-0.4, -0.2) is 26.5 Å². The molecule has 2 aromatic rings. The molecule has 8 heteroatoms. The van der Waals surface area contributed by atoms with E-state index in [0.717, 1.165) is 10.6 Å². The van der Waals surface area contributed by atoms with Gasteiger partial charge in [-0.2, -0.15) is 0 Å². The molecule has 0 saturated carbocycles. The summed E-state index contributed by atoms with van der Waals surface area (Å²) in [5.74, 6) is -1.85. The lowest BCUT2D eigenvalue weighted by Crippen LogP contribution is -2.52. The molecule has 8 nitrogen and oxygen atoms in total. The van der Waals surface area contributed by atoms with Gasteiger partial charge in [-0.1, -0.05) is 37.3 Å². The van der Waals surface area contributed by atoms with Gasteiger partial charge in [-0.3, -0.25) is 19.1 Å². The zero-order chi connectivity index (χ0) is 17.7. The number of nitrogens with one attached hydrogen (secondary N) is 2. The number of carbonyl (C=O) groups is 2. The molecular weight excluding hydrogens is 314 g/mol. The Bertz CT molecular complexity index is 856. The second kappa shape index (κ2) is 6.95. The van der Waals surface area contributed by atoms with Crippen LogP contribution in [0.25, 0.3) is 0 Å². The van der Waals surface area contributed by atoms with Gasteiger partial charge < -0.3 is 10.4 Å². The predicted molar refractivity (Wildman–Crippen MR) is 85.5 cm³/mol. The summed E-state index contributed by atoms with van der Waals surface area (Å²) >= 11 is 0. The van der Waals surface area contributed by atoms with E-state index < -0.39 is 35.2 Å². The number of benzene rings is 1. The van der Waals surface area contributed by atoms with Gasteiger partial charge in [-0.15, -0.1) is 0 Å². The summed E-state index contributed by atoms with van der Waals surface area (Å²) in [6.07, 6.45) is 1.30. The Kier molecular flexibility index (Phi) is 4.98. The molecule has 2 rings (SSSR count). The van der Waals surface area contributed by atoms with Crippen LogP contribution in [0.4, 0.5) is 0 Å². The number of carboxylic acid groups (broad SMARTS) is 1. The SMILES string of the molecule is CCC(NC(=O)Cn1ccc(=O)[nH]c1=O)(C(=O)O)c1ccccc1.